The van der Waals surface area contributed by atoms with Gasteiger partial charge in [0, 0.05) is 16.9 Å². The minimum Gasteiger partial charge on any atom is -0.314 e. The first-order chi connectivity index (χ1) is 10.5. The average Bonchev–Trinajstić information content (AvgIpc) is 2.89. The summed E-state index contributed by atoms with van der Waals surface area (Å²) in [6.07, 6.45) is -4.38. The Morgan fingerprint density at radius 1 is 0.773 bits per heavy atom. The van der Waals surface area contributed by atoms with Gasteiger partial charge in [-0.15, -0.1) is 0 Å². The van der Waals surface area contributed by atoms with Crippen molar-refractivity contribution in [3.63, 3.8) is 0 Å². The zero-order chi connectivity index (χ0) is 15.7. The molecule has 0 amide bonds. The number of hydrogen-bond acceptors (Lipinski definition) is 0. The van der Waals surface area contributed by atoms with E-state index < -0.39 is 11.7 Å². The third kappa shape index (κ3) is 2.52. The van der Waals surface area contributed by atoms with Crippen molar-refractivity contribution in [2.24, 2.45) is 0 Å². The highest BCUT2D eigenvalue weighted by Crippen LogP contribution is 2.38. The highest BCUT2D eigenvalue weighted by molar-refractivity contribution is 5.68. The van der Waals surface area contributed by atoms with Crippen LogP contribution in [0.5, 0.6) is 0 Å². The fraction of sp³-hybridized carbons (Fsp3) is 0.111. The van der Waals surface area contributed by atoms with Gasteiger partial charge in [0.15, 0.2) is 0 Å². The normalized spacial score (nSPS) is 11.6. The lowest BCUT2D eigenvalue weighted by Gasteiger charge is -2.16. The first kappa shape index (κ1) is 14.4. The van der Waals surface area contributed by atoms with Crippen LogP contribution in [0.1, 0.15) is 11.3 Å². The van der Waals surface area contributed by atoms with Gasteiger partial charge in [0.25, 0.3) is 0 Å². The molecule has 0 aliphatic heterocycles. The predicted molar refractivity (Wildman–Crippen MR) is 80.9 cm³/mol. The first-order valence-electron chi connectivity index (χ1n) is 6.89. The molecule has 0 atom stereocenters. The molecule has 1 nitrogen and oxygen atoms in total. The second kappa shape index (κ2) is 5.37. The lowest BCUT2D eigenvalue weighted by Crippen LogP contribution is -2.08. The Morgan fingerprint density at radius 3 is 2.09 bits per heavy atom. The molecule has 2 aromatic carbocycles. The van der Waals surface area contributed by atoms with Gasteiger partial charge in [-0.05, 0) is 37.3 Å². The molecule has 4 heteroatoms. The van der Waals surface area contributed by atoms with E-state index in [2.05, 4.69) is 0 Å². The molecule has 1 heterocycles. The molecule has 112 valence electrons. The predicted octanol–water partition coefficient (Wildman–Crippen LogP) is 5.47. The van der Waals surface area contributed by atoms with Crippen LogP contribution in [0.3, 0.4) is 0 Å². The van der Waals surface area contributed by atoms with Crippen LogP contribution in [0.2, 0.25) is 0 Å². The van der Waals surface area contributed by atoms with E-state index in [0.29, 0.717) is 5.69 Å². The molecule has 0 fully saturated rings. The van der Waals surface area contributed by atoms with Crippen molar-refractivity contribution in [2.45, 2.75) is 13.1 Å². The Kier molecular flexibility index (Phi) is 3.53. The summed E-state index contributed by atoms with van der Waals surface area (Å²) < 4.78 is 41.6. The van der Waals surface area contributed by atoms with E-state index in [-0.39, 0.29) is 5.56 Å². The number of aryl methyl sites for hydroxylation is 1. The Labute approximate surface area is 126 Å². The Balaban J connectivity index is 2.24. The first-order valence-corrected chi connectivity index (χ1v) is 6.89. The molecular weight excluding hydrogens is 287 g/mol. The lowest BCUT2D eigenvalue weighted by atomic mass is 10.0. The molecule has 1 aromatic heterocycles. The highest BCUT2D eigenvalue weighted by atomic mass is 19.4. The van der Waals surface area contributed by atoms with E-state index in [9.17, 15) is 13.2 Å². The number of halogens is 3. The second-order valence-electron chi connectivity index (χ2n) is 5.07. The third-order valence-electron chi connectivity index (χ3n) is 3.60. The van der Waals surface area contributed by atoms with Gasteiger partial charge in [0.05, 0.1) is 11.3 Å². The van der Waals surface area contributed by atoms with Crippen molar-refractivity contribution in [2.75, 3.05) is 0 Å². The van der Waals surface area contributed by atoms with Crippen LogP contribution < -0.4 is 0 Å². The van der Waals surface area contributed by atoms with E-state index in [4.69, 9.17) is 0 Å². The molecule has 0 N–H and O–H groups in total. The van der Waals surface area contributed by atoms with E-state index in [1.807, 2.05) is 47.9 Å². The third-order valence-corrected chi connectivity index (χ3v) is 3.60. The van der Waals surface area contributed by atoms with Crippen molar-refractivity contribution in [1.82, 2.24) is 4.57 Å². The van der Waals surface area contributed by atoms with Gasteiger partial charge in [-0.2, -0.15) is 13.2 Å². The van der Waals surface area contributed by atoms with Crippen molar-refractivity contribution < 1.29 is 13.2 Å². The van der Waals surface area contributed by atoms with Crippen LogP contribution in [0.4, 0.5) is 13.2 Å². The van der Waals surface area contributed by atoms with Crippen LogP contribution in [0, 0.1) is 6.92 Å². The largest absolute Gasteiger partial charge is 0.417 e. The summed E-state index contributed by atoms with van der Waals surface area (Å²) in [5.74, 6) is 0. The van der Waals surface area contributed by atoms with Crippen LogP contribution in [-0.4, -0.2) is 4.57 Å². The number of para-hydroxylation sites is 1. The molecule has 0 radical (unpaired) electrons. The molecule has 0 saturated heterocycles. The molecule has 0 aliphatic carbocycles. The number of rotatable bonds is 2. The summed E-state index contributed by atoms with van der Waals surface area (Å²) in [6.45, 7) is 1.88. The molecule has 0 saturated carbocycles. The van der Waals surface area contributed by atoms with Gasteiger partial charge < -0.3 is 4.57 Å². The topological polar surface area (TPSA) is 4.93 Å². The van der Waals surface area contributed by atoms with Crippen molar-refractivity contribution >= 4 is 0 Å². The minimum absolute atomic E-state index is 0.187. The number of benzene rings is 2. The smallest absolute Gasteiger partial charge is 0.314 e. The molecule has 3 aromatic rings. The highest BCUT2D eigenvalue weighted by Gasteiger charge is 2.34. The summed E-state index contributed by atoms with van der Waals surface area (Å²) in [6, 6.07) is 18.6. The van der Waals surface area contributed by atoms with Gasteiger partial charge in [0.2, 0.25) is 0 Å². The van der Waals surface area contributed by atoms with Crippen molar-refractivity contribution in [3.8, 4) is 16.9 Å². The minimum atomic E-state index is -4.38. The molecule has 3 rings (SSSR count). The SMILES string of the molecule is Cc1ccc(-c2ccccc2C(F)(F)F)n1-c1ccccc1. The summed E-state index contributed by atoms with van der Waals surface area (Å²) in [5, 5.41) is 0. The summed E-state index contributed by atoms with van der Waals surface area (Å²) in [5.41, 5.74) is 1.84. The van der Waals surface area contributed by atoms with E-state index >= 15 is 0 Å². The molecule has 0 bridgehead atoms. The monoisotopic (exact) mass is 301 g/mol. The van der Waals surface area contributed by atoms with E-state index in [0.717, 1.165) is 17.4 Å². The molecule has 0 spiro atoms. The number of alkyl halides is 3. The zero-order valence-corrected chi connectivity index (χ0v) is 11.9. The lowest BCUT2D eigenvalue weighted by molar-refractivity contribution is -0.137. The Morgan fingerprint density at radius 2 is 1.41 bits per heavy atom. The van der Waals surface area contributed by atoms with Crippen molar-refractivity contribution in [1.29, 1.82) is 0 Å². The summed E-state index contributed by atoms with van der Waals surface area (Å²) in [7, 11) is 0. The fourth-order valence-corrected chi connectivity index (χ4v) is 2.62. The van der Waals surface area contributed by atoms with Crippen molar-refractivity contribution in [3.05, 3.63) is 78.0 Å². The maximum absolute atomic E-state index is 13.3. The summed E-state index contributed by atoms with van der Waals surface area (Å²) >= 11 is 0. The van der Waals surface area contributed by atoms with Gasteiger partial charge >= 0.3 is 6.18 Å². The molecule has 0 aliphatic rings. The number of aromatic nitrogens is 1. The Bertz CT molecular complexity index is 786. The quantitative estimate of drug-likeness (QED) is 0.591. The number of nitrogens with zero attached hydrogens (tertiary/aromatic N) is 1. The second-order valence-corrected chi connectivity index (χ2v) is 5.07. The standard InChI is InChI=1S/C18H14F3N/c1-13-11-12-17(22(13)14-7-3-2-4-8-14)15-9-5-6-10-16(15)18(19,20)21/h2-12H,1H3. The average molecular weight is 301 g/mol. The van der Waals surface area contributed by atoms with Crippen LogP contribution >= 0.6 is 0 Å². The van der Waals surface area contributed by atoms with E-state index in [1.54, 1.807) is 12.1 Å². The molecule has 22 heavy (non-hydrogen) atoms. The maximum atomic E-state index is 13.3. The summed E-state index contributed by atoms with van der Waals surface area (Å²) in [4.78, 5) is 0. The van der Waals surface area contributed by atoms with Gasteiger partial charge in [-0.25, -0.2) is 0 Å². The van der Waals surface area contributed by atoms with E-state index in [1.165, 1.54) is 12.1 Å². The number of hydrogen-bond donors (Lipinski definition) is 0. The molecular formula is C18H14F3N. The van der Waals surface area contributed by atoms with Gasteiger partial charge in [-0.1, -0.05) is 36.4 Å². The molecule has 0 unspecified atom stereocenters. The Hall–Kier alpha value is -2.49. The van der Waals surface area contributed by atoms with Crippen LogP contribution in [-0.2, 0) is 6.18 Å². The maximum Gasteiger partial charge on any atom is 0.417 e. The zero-order valence-electron chi connectivity index (χ0n) is 11.9. The van der Waals surface area contributed by atoms with Gasteiger partial charge in [0.1, 0.15) is 0 Å². The fourth-order valence-electron chi connectivity index (χ4n) is 2.62. The van der Waals surface area contributed by atoms with Crippen LogP contribution in [0.25, 0.3) is 16.9 Å². The van der Waals surface area contributed by atoms with Gasteiger partial charge in [-0.3, -0.25) is 0 Å². The van der Waals surface area contributed by atoms with Crippen LogP contribution in [0.15, 0.2) is 66.7 Å².